The molecule has 30 heavy (non-hydrogen) atoms. The standard InChI is InChI=1S/C23H28FN3O3/c1-16-4-5-17(2)21(14-16)25-23(29)18(3)26-10-12-27(13-11-26)22(28)15-30-20-8-6-19(24)7-9-20/h4-9,14,18H,10-13,15H2,1-3H3,(H,25,29). The van der Waals surface area contributed by atoms with Crippen molar-refractivity contribution in [3.05, 3.63) is 59.4 Å². The first-order chi connectivity index (χ1) is 14.3. The second kappa shape index (κ2) is 9.71. The summed E-state index contributed by atoms with van der Waals surface area (Å²) in [6, 6.07) is 11.3. The molecule has 0 bridgehead atoms. The molecule has 0 aromatic heterocycles. The van der Waals surface area contributed by atoms with Gasteiger partial charge < -0.3 is 15.0 Å². The van der Waals surface area contributed by atoms with Crippen LogP contribution < -0.4 is 10.1 Å². The smallest absolute Gasteiger partial charge is 0.260 e. The molecule has 0 spiro atoms. The van der Waals surface area contributed by atoms with Crippen LogP contribution in [-0.2, 0) is 9.59 Å². The van der Waals surface area contributed by atoms with Gasteiger partial charge in [0.25, 0.3) is 5.91 Å². The number of anilines is 1. The normalized spacial score (nSPS) is 15.5. The van der Waals surface area contributed by atoms with Crippen molar-refractivity contribution in [3.8, 4) is 5.75 Å². The lowest BCUT2D eigenvalue weighted by molar-refractivity contribution is -0.135. The second-order valence-electron chi connectivity index (χ2n) is 7.64. The zero-order chi connectivity index (χ0) is 21.7. The minimum atomic E-state index is -0.347. The maximum Gasteiger partial charge on any atom is 0.260 e. The summed E-state index contributed by atoms with van der Waals surface area (Å²) < 4.78 is 18.4. The van der Waals surface area contributed by atoms with Gasteiger partial charge in [-0.3, -0.25) is 14.5 Å². The zero-order valence-electron chi connectivity index (χ0n) is 17.7. The predicted octanol–water partition coefficient (Wildman–Crippen LogP) is 2.99. The van der Waals surface area contributed by atoms with Gasteiger partial charge in [-0.25, -0.2) is 4.39 Å². The van der Waals surface area contributed by atoms with Gasteiger partial charge in [-0.1, -0.05) is 12.1 Å². The lowest BCUT2D eigenvalue weighted by atomic mass is 10.1. The molecule has 2 aromatic rings. The molecule has 0 saturated carbocycles. The monoisotopic (exact) mass is 413 g/mol. The van der Waals surface area contributed by atoms with Gasteiger partial charge in [0.2, 0.25) is 5.91 Å². The third-order valence-corrected chi connectivity index (χ3v) is 5.42. The topological polar surface area (TPSA) is 61.9 Å². The van der Waals surface area contributed by atoms with Crippen molar-refractivity contribution in [2.75, 3.05) is 38.1 Å². The number of piperazine rings is 1. The van der Waals surface area contributed by atoms with E-state index in [4.69, 9.17) is 4.74 Å². The Hall–Kier alpha value is -2.93. The van der Waals surface area contributed by atoms with E-state index in [1.165, 1.54) is 24.3 Å². The molecule has 1 atom stereocenters. The Morgan fingerprint density at radius 1 is 1.07 bits per heavy atom. The van der Waals surface area contributed by atoms with Crippen molar-refractivity contribution in [1.29, 1.82) is 0 Å². The summed E-state index contributed by atoms with van der Waals surface area (Å²) in [5, 5.41) is 3.02. The third-order valence-electron chi connectivity index (χ3n) is 5.42. The summed E-state index contributed by atoms with van der Waals surface area (Å²) in [7, 11) is 0. The fourth-order valence-electron chi connectivity index (χ4n) is 3.40. The highest BCUT2D eigenvalue weighted by Crippen LogP contribution is 2.18. The molecule has 7 heteroatoms. The summed E-state index contributed by atoms with van der Waals surface area (Å²) >= 11 is 0. The second-order valence-corrected chi connectivity index (χ2v) is 7.64. The zero-order valence-corrected chi connectivity index (χ0v) is 17.7. The SMILES string of the molecule is Cc1ccc(C)c(NC(=O)C(C)N2CCN(C(=O)COc3ccc(F)cc3)CC2)c1. The number of ether oxygens (including phenoxy) is 1. The Balaban J connectivity index is 1.46. The molecule has 1 unspecified atom stereocenters. The first kappa shape index (κ1) is 21.8. The molecule has 3 rings (SSSR count). The number of carbonyl (C=O) groups excluding carboxylic acids is 2. The van der Waals surface area contributed by atoms with E-state index in [0.29, 0.717) is 31.9 Å². The van der Waals surface area contributed by atoms with E-state index in [1.807, 2.05) is 39.0 Å². The molecule has 0 aliphatic carbocycles. The Morgan fingerprint density at radius 2 is 1.73 bits per heavy atom. The quantitative estimate of drug-likeness (QED) is 0.791. The van der Waals surface area contributed by atoms with Crippen LogP contribution in [-0.4, -0.2) is 60.4 Å². The molecular weight excluding hydrogens is 385 g/mol. The number of hydrogen-bond acceptors (Lipinski definition) is 4. The predicted molar refractivity (Wildman–Crippen MR) is 114 cm³/mol. The first-order valence-corrected chi connectivity index (χ1v) is 10.1. The highest BCUT2D eigenvalue weighted by molar-refractivity contribution is 5.95. The van der Waals surface area contributed by atoms with Gasteiger partial charge in [0.05, 0.1) is 6.04 Å². The van der Waals surface area contributed by atoms with Crippen LogP contribution in [0.2, 0.25) is 0 Å². The fraction of sp³-hybridized carbons (Fsp3) is 0.391. The number of carbonyl (C=O) groups is 2. The van der Waals surface area contributed by atoms with Crippen molar-refractivity contribution in [2.45, 2.75) is 26.8 Å². The lowest BCUT2D eigenvalue weighted by Crippen LogP contribution is -2.54. The number of amides is 2. The van der Waals surface area contributed by atoms with E-state index in [0.717, 1.165) is 16.8 Å². The van der Waals surface area contributed by atoms with Crippen LogP contribution in [0.5, 0.6) is 5.75 Å². The van der Waals surface area contributed by atoms with E-state index in [-0.39, 0.29) is 30.3 Å². The van der Waals surface area contributed by atoms with Crippen LogP contribution >= 0.6 is 0 Å². The van der Waals surface area contributed by atoms with Crippen LogP contribution in [0.1, 0.15) is 18.1 Å². The van der Waals surface area contributed by atoms with Crippen LogP contribution in [0, 0.1) is 19.7 Å². The Bertz CT molecular complexity index is 893. The molecule has 160 valence electrons. The molecule has 1 heterocycles. The average molecular weight is 413 g/mol. The number of halogens is 1. The Morgan fingerprint density at radius 3 is 2.40 bits per heavy atom. The number of nitrogens with zero attached hydrogens (tertiary/aromatic N) is 2. The summed E-state index contributed by atoms with van der Waals surface area (Å²) in [6.07, 6.45) is 0. The average Bonchev–Trinajstić information content (AvgIpc) is 2.75. The van der Waals surface area contributed by atoms with E-state index < -0.39 is 0 Å². The molecule has 1 N–H and O–H groups in total. The number of rotatable bonds is 6. The van der Waals surface area contributed by atoms with Gasteiger partial charge in [-0.05, 0) is 62.2 Å². The van der Waals surface area contributed by atoms with Crippen LogP contribution in [0.25, 0.3) is 0 Å². The summed E-state index contributed by atoms with van der Waals surface area (Å²) in [5.41, 5.74) is 2.95. The van der Waals surface area contributed by atoms with Crippen molar-refractivity contribution in [2.24, 2.45) is 0 Å². The van der Waals surface area contributed by atoms with Crippen molar-refractivity contribution >= 4 is 17.5 Å². The molecule has 2 amide bonds. The molecule has 0 radical (unpaired) electrons. The minimum absolute atomic E-state index is 0.0527. The summed E-state index contributed by atoms with van der Waals surface area (Å²) in [5.74, 6) is -0.0600. The minimum Gasteiger partial charge on any atom is -0.484 e. The van der Waals surface area contributed by atoms with Gasteiger partial charge in [0.1, 0.15) is 11.6 Å². The summed E-state index contributed by atoms with van der Waals surface area (Å²) in [6.45, 7) is 8.06. The van der Waals surface area contributed by atoms with Crippen molar-refractivity contribution in [3.63, 3.8) is 0 Å². The highest BCUT2D eigenvalue weighted by atomic mass is 19.1. The van der Waals surface area contributed by atoms with E-state index in [1.54, 1.807) is 4.90 Å². The molecule has 2 aromatic carbocycles. The molecule has 1 saturated heterocycles. The largest absolute Gasteiger partial charge is 0.484 e. The number of nitrogens with one attached hydrogen (secondary N) is 1. The van der Waals surface area contributed by atoms with Gasteiger partial charge in [0.15, 0.2) is 6.61 Å². The van der Waals surface area contributed by atoms with Crippen LogP contribution in [0.15, 0.2) is 42.5 Å². The molecular formula is C23H28FN3O3. The van der Waals surface area contributed by atoms with E-state index in [9.17, 15) is 14.0 Å². The maximum absolute atomic E-state index is 12.9. The maximum atomic E-state index is 12.9. The van der Waals surface area contributed by atoms with E-state index >= 15 is 0 Å². The Labute approximate surface area is 176 Å². The first-order valence-electron chi connectivity index (χ1n) is 10.1. The van der Waals surface area contributed by atoms with Crippen LogP contribution in [0.3, 0.4) is 0 Å². The summed E-state index contributed by atoms with van der Waals surface area (Å²) in [4.78, 5) is 28.9. The van der Waals surface area contributed by atoms with Crippen molar-refractivity contribution < 1.29 is 18.7 Å². The lowest BCUT2D eigenvalue weighted by Gasteiger charge is -2.37. The number of benzene rings is 2. The number of aryl methyl sites for hydroxylation is 2. The highest BCUT2D eigenvalue weighted by Gasteiger charge is 2.27. The van der Waals surface area contributed by atoms with Gasteiger partial charge in [-0.2, -0.15) is 0 Å². The fourth-order valence-corrected chi connectivity index (χ4v) is 3.40. The third kappa shape index (κ3) is 5.57. The molecule has 1 aliphatic heterocycles. The number of hydrogen-bond donors (Lipinski definition) is 1. The van der Waals surface area contributed by atoms with Crippen molar-refractivity contribution in [1.82, 2.24) is 9.80 Å². The van der Waals surface area contributed by atoms with Gasteiger partial charge >= 0.3 is 0 Å². The Kier molecular flexibility index (Phi) is 7.05. The van der Waals surface area contributed by atoms with Crippen LogP contribution in [0.4, 0.5) is 10.1 Å². The molecule has 1 aliphatic rings. The van der Waals surface area contributed by atoms with Gasteiger partial charge in [-0.15, -0.1) is 0 Å². The molecule has 1 fully saturated rings. The van der Waals surface area contributed by atoms with E-state index in [2.05, 4.69) is 10.2 Å². The molecule has 6 nitrogen and oxygen atoms in total. The van der Waals surface area contributed by atoms with Gasteiger partial charge in [0, 0.05) is 31.9 Å².